The average molecular weight is 367 g/mol. The van der Waals surface area contributed by atoms with Crippen LogP contribution < -0.4 is 9.64 Å². The summed E-state index contributed by atoms with van der Waals surface area (Å²) in [5.41, 5.74) is 1.04. The van der Waals surface area contributed by atoms with E-state index in [1.165, 1.54) is 10.4 Å². The molecule has 3 rings (SSSR count). The van der Waals surface area contributed by atoms with Gasteiger partial charge in [0.05, 0.1) is 12.0 Å². The highest BCUT2D eigenvalue weighted by Crippen LogP contribution is 2.25. The topological polar surface area (TPSA) is 49.9 Å². The molecule has 24 heavy (non-hydrogen) atoms. The minimum atomic E-state index is -3.51. The molecular formula is C17H19ClN2O3S. The van der Waals surface area contributed by atoms with Crippen LogP contribution in [0.15, 0.2) is 53.4 Å². The second kappa shape index (κ2) is 7.01. The molecule has 1 aliphatic heterocycles. The molecule has 0 bridgehead atoms. The van der Waals surface area contributed by atoms with E-state index < -0.39 is 10.0 Å². The number of anilines is 1. The average Bonchev–Trinajstić information content (AvgIpc) is 2.62. The molecule has 0 N–H and O–H groups in total. The predicted molar refractivity (Wildman–Crippen MR) is 95.4 cm³/mol. The van der Waals surface area contributed by atoms with Crippen LogP contribution in [0, 0.1) is 0 Å². The maximum absolute atomic E-state index is 12.7. The van der Waals surface area contributed by atoms with Gasteiger partial charge in [0.15, 0.2) is 0 Å². The number of methoxy groups -OCH3 is 1. The van der Waals surface area contributed by atoms with Crippen molar-refractivity contribution in [2.24, 2.45) is 0 Å². The lowest BCUT2D eigenvalue weighted by Gasteiger charge is -2.35. The van der Waals surface area contributed by atoms with Crippen LogP contribution in [0.4, 0.5) is 5.69 Å². The van der Waals surface area contributed by atoms with E-state index in [0.717, 1.165) is 11.4 Å². The summed E-state index contributed by atoms with van der Waals surface area (Å²) in [5, 5.41) is 0.422. The van der Waals surface area contributed by atoms with Crippen molar-refractivity contribution in [2.75, 3.05) is 38.2 Å². The molecule has 1 aliphatic rings. The fourth-order valence-corrected chi connectivity index (χ4v) is 4.49. The second-order valence-corrected chi connectivity index (χ2v) is 7.92. The Morgan fingerprint density at radius 2 is 1.71 bits per heavy atom. The molecule has 0 saturated carbocycles. The predicted octanol–water partition coefficient (Wildman–Crippen LogP) is 2.86. The van der Waals surface area contributed by atoms with Crippen LogP contribution in [0.5, 0.6) is 5.75 Å². The molecule has 0 spiro atoms. The first-order chi connectivity index (χ1) is 11.5. The van der Waals surface area contributed by atoms with Gasteiger partial charge >= 0.3 is 0 Å². The van der Waals surface area contributed by atoms with Crippen LogP contribution in [0.3, 0.4) is 0 Å². The second-order valence-electron chi connectivity index (χ2n) is 5.55. The van der Waals surface area contributed by atoms with E-state index in [0.29, 0.717) is 31.2 Å². The van der Waals surface area contributed by atoms with Gasteiger partial charge in [0.25, 0.3) is 0 Å². The number of ether oxygens (including phenoxy) is 1. The zero-order valence-electron chi connectivity index (χ0n) is 13.4. The molecule has 0 atom stereocenters. The van der Waals surface area contributed by atoms with E-state index in [1.54, 1.807) is 25.3 Å². The first-order valence-electron chi connectivity index (χ1n) is 7.65. The van der Waals surface area contributed by atoms with Crippen molar-refractivity contribution in [1.82, 2.24) is 4.31 Å². The molecule has 0 amide bonds. The lowest BCUT2D eigenvalue weighted by molar-refractivity contribution is 0.384. The van der Waals surface area contributed by atoms with Gasteiger partial charge in [-0.1, -0.05) is 23.7 Å². The summed E-state index contributed by atoms with van der Waals surface area (Å²) in [4.78, 5) is 2.40. The van der Waals surface area contributed by atoms with Crippen molar-refractivity contribution in [3.05, 3.63) is 53.6 Å². The molecule has 1 heterocycles. The molecule has 0 aliphatic carbocycles. The SMILES string of the molecule is COc1cccc(N2CCN(S(=O)(=O)c3cccc(Cl)c3)CC2)c1. The summed E-state index contributed by atoms with van der Waals surface area (Å²) in [5.74, 6) is 0.793. The molecular weight excluding hydrogens is 348 g/mol. The fourth-order valence-electron chi connectivity index (χ4n) is 2.77. The first-order valence-corrected chi connectivity index (χ1v) is 9.47. The number of nitrogens with zero attached hydrogens (tertiary/aromatic N) is 2. The van der Waals surface area contributed by atoms with Gasteiger partial charge in [0.2, 0.25) is 10.0 Å². The molecule has 2 aromatic carbocycles. The van der Waals surface area contributed by atoms with Gasteiger partial charge in [-0.05, 0) is 30.3 Å². The molecule has 0 aromatic heterocycles. The summed E-state index contributed by atoms with van der Waals surface area (Å²) in [6.45, 7) is 2.14. The number of hydrogen-bond donors (Lipinski definition) is 0. The van der Waals surface area contributed by atoms with Crippen LogP contribution in [0.2, 0.25) is 5.02 Å². The summed E-state index contributed by atoms with van der Waals surface area (Å²) >= 11 is 5.92. The van der Waals surface area contributed by atoms with E-state index in [2.05, 4.69) is 4.90 Å². The minimum absolute atomic E-state index is 0.241. The Labute approximate surface area is 147 Å². The summed E-state index contributed by atoms with van der Waals surface area (Å²) in [7, 11) is -1.87. The van der Waals surface area contributed by atoms with Crippen LogP contribution >= 0.6 is 11.6 Å². The van der Waals surface area contributed by atoms with Gasteiger partial charge in [-0.2, -0.15) is 4.31 Å². The number of benzene rings is 2. The summed E-state index contributed by atoms with van der Waals surface area (Å²) in [6.07, 6.45) is 0. The molecule has 0 unspecified atom stereocenters. The fraction of sp³-hybridized carbons (Fsp3) is 0.294. The van der Waals surface area contributed by atoms with E-state index >= 15 is 0 Å². The molecule has 128 valence electrons. The third kappa shape index (κ3) is 3.50. The maximum Gasteiger partial charge on any atom is 0.243 e. The van der Waals surface area contributed by atoms with Crippen LogP contribution in [0.1, 0.15) is 0 Å². The molecule has 5 nitrogen and oxygen atoms in total. The third-order valence-corrected chi connectivity index (χ3v) is 6.22. The first kappa shape index (κ1) is 17.1. The van der Waals surface area contributed by atoms with Crippen LogP contribution in [-0.2, 0) is 10.0 Å². The van der Waals surface area contributed by atoms with E-state index in [1.807, 2.05) is 24.3 Å². The van der Waals surface area contributed by atoms with Crippen molar-refractivity contribution < 1.29 is 13.2 Å². The quantitative estimate of drug-likeness (QED) is 0.834. The van der Waals surface area contributed by atoms with Crippen molar-refractivity contribution in [2.45, 2.75) is 4.90 Å². The largest absolute Gasteiger partial charge is 0.497 e. The van der Waals surface area contributed by atoms with Gasteiger partial charge in [-0.3, -0.25) is 0 Å². The zero-order valence-corrected chi connectivity index (χ0v) is 14.9. The van der Waals surface area contributed by atoms with E-state index in [9.17, 15) is 8.42 Å². The lowest BCUT2D eigenvalue weighted by Crippen LogP contribution is -2.48. The number of sulfonamides is 1. The minimum Gasteiger partial charge on any atom is -0.497 e. The number of halogens is 1. The highest BCUT2D eigenvalue weighted by atomic mass is 35.5. The van der Waals surface area contributed by atoms with Crippen LogP contribution in [0.25, 0.3) is 0 Å². The van der Waals surface area contributed by atoms with E-state index in [4.69, 9.17) is 16.3 Å². The summed E-state index contributed by atoms with van der Waals surface area (Å²) < 4.78 is 32.2. The van der Waals surface area contributed by atoms with Gasteiger partial charge in [-0.25, -0.2) is 8.42 Å². The number of rotatable bonds is 4. The third-order valence-electron chi connectivity index (χ3n) is 4.09. The van der Waals surface area contributed by atoms with Crippen LogP contribution in [-0.4, -0.2) is 46.0 Å². The molecule has 0 radical (unpaired) electrons. The Balaban J connectivity index is 1.72. The lowest BCUT2D eigenvalue weighted by atomic mass is 10.2. The van der Waals surface area contributed by atoms with Gasteiger partial charge in [-0.15, -0.1) is 0 Å². The highest BCUT2D eigenvalue weighted by molar-refractivity contribution is 7.89. The van der Waals surface area contributed by atoms with Crippen molar-refractivity contribution in [1.29, 1.82) is 0 Å². The Hall–Kier alpha value is -1.76. The molecule has 7 heteroatoms. The van der Waals surface area contributed by atoms with Gasteiger partial charge in [0.1, 0.15) is 5.75 Å². The van der Waals surface area contributed by atoms with Crippen molar-refractivity contribution in [3.8, 4) is 5.75 Å². The molecule has 1 fully saturated rings. The Kier molecular flexibility index (Phi) is 4.99. The number of hydrogen-bond acceptors (Lipinski definition) is 4. The van der Waals surface area contributed by atoms with Crippen molar-refractivity contribution >= 4 is 27.3 Å². The monoisotopic (exact) mass is 366 g/mol. The normalized spacial score (nSPS) is 16.2. The Bertz CT molecular complexity index is 818. The van der Waals surface area contributed by atoms with Crippen molar-refractivity contribution in [3.63, 3.8) is 0 Å². The Morgan fingerprint density at radius 1 is 1.00 bits per heavy atom. The van der Waals surface area contributed by atoms with Gasteiger partial charge < -0.3 is 9.64 Å². The standard InChI is InChI=1S/C17H19ClN2O3S/c1-23-16-6-3-5-15(13-16)19-8-10-20(11-9-19)24(21,22)17-7-2-4-14(18)12-17/h2-7,12-13H,8-11H2,1H3. The van der Waals surface area contributed by atoms with E-state index in [-0.39, 0.29) is 4.90 Å². The zero-order chi connectivity index (χ0) is 17.2. The Morgan fingerprint density at radius 3 is 2.38 bits per heavy atom. The highest BCUT2D eigenvalue weighted by Gasteiger charge is 2.28. The maximum atomic E-state index is 12.7. The smallest absolute Gasteiger partial charge is 0.243 e. The van der Waals surface area contributed by atoms with Gasteiger partial charge in [0, 0.05) is 43.0 Å². The molecule has 1 saturated heterocycles. The summed E-state index contributed by atoms with van der Waals surface area (Å²) in [6, 6.07) is 14.2. The molecule has 2 aromatic rings. The number of piperazine rings is 1.